The number of carbonyl (C=O) groups is 1. The largest absolute Gasteiger partial charge is 0.397 e. The molecule has 5 heteroatoms. The van der Waals surface area contributed by atoms with Gasteiger partial charge in [-0.15, -0.1) is 0 Å². The third-order valence-electron chi connectivity index (χ3n) is 2.83. The second-order valence-electron chi connectivity index (χ2n) is 4.30. The summed E-state index contributed by atoms with van der Waals surface area (Å²) in [5.41, 5.74) is 8.32. The van der Waals surface area contributed by atoms with Crippen LogP contribution in [-0.2, 0) is 0 Å². The molecule has 1 amide bonds. The minimum atomic E-state index is -0.215. The Labute approximate surface area is 116 Å². The van der Waals surface area contributed by atoms with Crippen molar-refractivity contribution in [3.63, 3.8) is 0 Å². The molecule has 1 aromatic heterocycles. The second kappa shape index (κ2) is 5.28. The first-order valence-corrected chi connectivity index (χ1v) is 6.12. The van der Waals surface area contributed by atoms with Gasteiger partial charge in [0.25, 0.3) is 5.91 Å². The van der Waals surface area contributed by atoms with Crippen LogP contribution in [-0.4, -0.2) is 17.9 Å². The first-order chi connectivity index (χ1) is 8.99. The fourth-order valence-corrected chi connectivity index (χ4v) is 1.92. The van der Waals surface area contributed by atoms with Gasteiger partial charge in [-0.2, -0.15) is 0 Å². The number of nitrogens with two attached hydrogens (primary N) is 1. The number of pyridine rings is 1. The number of anilines is 2. The van der Waals surface area contributed by atoms with Gasteiger partial charge in [0.1, 0.15) is 5.15 Å². The topological polar surface area (TPSA) is 59.2 Å². The van der Waals surface area contributed by atoms with Gasteiger partial charge in [-0.1, -0.05) is 23.7 Å². The van der Waals surface area contributed by atoms with Gasteiger partial charge in [-0.25, -0.2) is 4.98 Å². The fourth-order valence-electron chi connectivity index (χ4n) is 1.76. The molecular weight excluding hydrogens is 262 g/mol. The summed E-state index contributed by atoms with van der Waals surface area (Å²) in [6.07, 6.45) is 1.39. The molecule has 1 aromatic carbocycles. The summed E-state index contributed by atoms with van der Waals surface area (Å²) in [6.45, 7) is 1.97. The van der Waals surface area contributed by atoms with E-state index in [9.17, 15) is 4.79 Å². The van der Waals surface area contributed by atoms with Crippen LogP contribution in [0.4, 0.5) is 11.4 Å². The molecule has 19 heavy (non-hydrogen) atoms. The number of halogens is 1. The van der Waals surface area contributed by atoms with Crippen molar-refractivity contribution in [3.8, 4) is 0 Å². The molecule has 0 saturated heterocycles. The summed E-state index contributed by atoms with van der Waals surface area (Å²) >= 11 is 5.80. The van der Waals surface area contributed by atoms with E-state index in [4.69, 9.17) is 17.3 Å². The first-order valence-electron chi connectivity index (χ1n) is 5.75. The van der Waals surface area contributed by atoms with E-state index in [0.29, 0.717) is 11.3 Å². The minimum Gasteiger partial charge on any atom is -0.397 e. The Bertz CT molecular complexity index is 628. The predicted molar refractivity (Wildman–Crippen MR) is 77.6 cm³/mol. The van der Waals surface area contributed by atoms with E-state index in [1.807, 2.05) is 31.2 Å². The van der Waals surface area contributed by atoms with E-state index in [0.717, 1.165) is 11.3 Å². The molecule has 4 nitrogen and oxygen atoms in total. The summed E-state index contributed by atoms with van der Waals surface area (Å²) in [7, 11) is 1.70. The van der Waals surface area contributed by atoms with Gasteiger partial charge in [0.05, 0.1) is 17.4 Å². The van der Waals surface area contributed by atoms with Gasteiger partial charge in [0, 0.05) is 12.7 Å². The molecule has 0 aliphatic rings. The van der Waals surface area contributed by atoms with Crippen LogP contribution in [0.1, 0.15) is 15.9 Å². The zero-order valence-electron chi connectivity index (χ0n) is 10.7. The van der Waals surface area contributed by atoms with Gasteiger partial charge in [0.15, 0.2) is 0 Å². The molecule has 0 fully saturated rings. The van der Waals surface area contributed by atoms with Gasteiger partial charge in [-0.05, 0) is 30.7 Å². The summed E-state index contributed by atoms with van der Waals surface area (Å²) < 4.78 is 0. The number of amides is 1. The van der Waals surface area contributed by atoms with Crippen LogP contribution in [0.15, 0.2) is 36.5 Å². The summed E-state index contributed by atoms with van der Waals surface area (Å²) in [5.74, 6) is -0.215. The lowest BCUT2D eigenvalue weighted by atomic mass is 10.1. The molecule has 2 aromatic rings. The standard InChI is InChI=1S/C14H14ClN3O/c1-9-4-3-5-10(6-9)18(2)14(19)11-7-13(15)17-8-12(11)16/h3-8H,16H2,1-2H3. The number of rotatable bonds is 2. The van der Waals surface area contributed by atoms with Crippen LogP contribution in [0.2, 0.25) is 5.15 Å². The van der Waals surface area contributed by atoms with Crippen molar-refractivity contribution >= 4 is 28.9 Å². The quantitative estimate of drug-likeness (QED) is 0.858. The van der Waals surface area contributed by atoms with E-state index in [2.05, 4.69) is 4.98 Å². The highest BCUT2D eigenvalue weighted by molar-refractivity contribution is 6.30. The predicted octanol–water partition coefficient (Wildman–Crippen LogP) is 2.90. The smallest absolute Gasteiger partial charge is 0.260 e. The Hall–Kier alpha value is -2.07. The molecule has 0 spiro atoms. The summed E-state index contributed by atoms with van der Waals surface area (Å²) in [6, 6.07) is 9.14. The van der Waals surface area contributed by atoms with Crippen molar-refractivity contribution in [2.24, 2.45) is 0 Å². The highest BCUT2D eigenvalue weighted by atomic mass is 35.5. The lowest BCUT2D eigenvalue weighted by molar-refractivity contribution is 0.0994. The van der Waals surface area contributed by atoms with Crippen LogP contribution in [0.25, 0.3) is 0 Å². The first kappa shape index (κ1) is 13.4. The van der Waals surface area contributed by atoms with Gasteiger partial charge in [0.2, 0.25) is 0 Å². The van der Waals surface area contributed by atoms with Crippen LogP contribution >= 0.6 is 11.6 Å². The third-order valence-corrected chi connectivity index (χ3v) is 3.03. The molecule has 0 aliphatic carbocycles. The van der Waals surface area contributed by atoms with Crippen molar-refractivity contribution in [1.82, 2.24) is 4.98 Å². The van der Waals surface area contributed by atoms with Gasteiger partial charge >= 0.3 is 0 Å². The van der Waals surface area contributed by atoms with Crippen molar-refractivity contribution in [2.45, 2.75) is 6.92 Å². The van der Waals surface area contributed by atoms with Gasteiger partial charge in [-0.3, -0.25) is 4.79 Å². The lowest BCUT2D eigenvalue weighted by Gasteiger charge is -2.18. The highest BCUT2D eigenvalue weighted by Gasteiger charge is 2.17. The molecule has 1 heterocycles. The number of benzene rings is 1. The number of nitrogen functional groups attached to an aromatic ring is 1. The third kappa shape index (κ3) is 2.85. The number of hydrogen-bond acceptors (Lipinski definition) is 3. The molecule has 0 unspecified atom stereocenters. The Morgan fingerprint density at radius 3 is 2.79 bits per heavy atom. The fraction of sp³-hybridized carbons (Fsp3) is 0.143. The van der Waals surface area contributed by atoms with Crippen molar-refractivity contribution in [1.29, 1.82) is 0 Å². The Morgan fingerprint density at radius 1 is 1.37 bits per heavy atom. The van der Waals surface area contributed by atoms with Crippen molar-refractivity contribution in [2.75, 3.05) is 17.7 Å². The van der Waals surface area contributed by atoms with E-state index >= 15 is 0 Å². The molecule has 98 valence electrons. The maximum atomic E-state index is 12.4. The zero-order chi connectivity index (χ0) is 14.0. The molecule has 0 atom stereocenters. The maximum Gasteiger partial charge on any atom is 0.260 e. The SMILES string of the molecule is Cc1cccc(N(C)C(=O)c2cc(Cl)ncc2N)c1. The number of aryl methyl sites for hydroxylation is 1. The number of nitrogens with zero attached hydrogens (tertiary/aromatic N) is 2. The van der Waals surface area contributed by atoms with E-state index in [1.165, 1.54) is 17.2 Å². The lowest BCUT2D eigenvalue weighted by Crippen LogP contribution is -2.27. The maximum absolute atomic E-state index is 12.4. The average Bonchev–Trinajstić information content (AvgIpc) is 2.40. The number of hydrogen-bond donors (Lipinski definition) is 1. The van der Waals surface area contributed by atoms with Crippen LogP contribution < -0.4 is 10.6 Å². The number of aromatic nitrogens is 1. The molecule has 2 N–H and O–H groups in total. The zero-order valence-corrected chi connectivity index (χ0v) is 11.5. The molecule has 0 radical (unpaired) electrons. The molecule has 0 bridgehead atoms. The van der Waals surface area contributed by atoms with Crippen LogP contribution in [0.3, 0.4) is 0 Å². The minimum absolute atomic E-state index is 0.215. The molecular formula is C14H14ClN3O. The van der Waals surface area contributed by atoms with Crippen LogP contribution in [0.5, 0.6) is 0 Å². The van der Waals surface area contributed by atoms with E-state index < -0.39 is 0 Å². The average molecular weight is 276 g/mol. The highest BCUT2D eigenvalue weighted by Crippen LogP contribution is 2.21. The Balaban J connectivity index is 2.36. The molecule has 0 aliphatic heterocycles. The monoisotopic (exact) mass is 275 g/mol. The summed E-state index contributed by atoms with van der Waals surface area (Å²) in [5, 5.41) is 0.246. The second-order valence-corrected chi connectivity index (χ2v) is 4.68. The van der Waals surface area contributed by atoms with Gasteiger partial charge < -0.3 is 10.6 Å². The Kier molecular flexibility index (Phi) is 3.71. The van der Waals surface area contributed by atoms with Crippen molar-refractivity contribution < 1.29 is 4.79 Å². The Morgan fingerprint density at radius 2 is 2.11 bits per heavy atom. The normalized spacial score (nSPS) is 10.3. The van der Waals surface area contributed by atoms with E-state index in [1.54, 1.807) is 7.05 Å². The summed E-state index contributed by atoms with van der Waals surface area (Å²) in [4.78, 5) is 17.8. The van der Waals surface area contributed by atoms with Crippen LogP contribution in [0, 0.1) is 6.92 Å². The molecule has 0 saturated carbocycles. The number of carbonyl (C=O) groups excluding carboxylic acids is 1. The van der Waals surface area contributed by atoms with E-state index in [-0.39, 0.29) is 11.1 Å². The van der Waals surface area contributed by atoms with Crippen molar-refractivity contribution in [3.05, 3.63) is 52.8 Å². The molecule has 2 rings (SSSR count).